The third-order valence-electron chi connectivity index (χ3n) is 7.22. The van der Waals surface area contributed by atoms with Gasteiger partial charge in [-0.15, -0.1) is 0 Å². The van der Waals surface area contributed by atoms with Gasteiger partial charge in [0.25, 0.3) is 0 Å². The maximum atomic E-state index is 12.2. The van der Waals surface area contributed by atoms with E-state index in [0.717, 1.165) is 57.8 Å². The summed E-state index contributed by atoms with van der Waals surface area (Å²) in [5, 5.41) is 22.7. The van der Waals surface area contributed by atoms with Crippen molar-refractivity contribution in [2.45, 2.75) is 154 Å². The van der Waals surface area contributed by atoms with Gasteiger partial charge < -0.3 is 15.5 Å². The van der Waals surface area contributed by atoms with Gasteiger partial charge in [-0.3, -0.25) is 9.59 Å². The van der Waals surface area contributed by atoms with E-state index in [1.54, 1.807) is 12.2 Å². The van der Waals surface area contributed by atoms with Gasteiger partial charge in [-0.2, -0.15) is 0 Å². The van der Waals surface area contributed by atoms with E-state index in [9.17, 15) is 19.8 Å². The third kappa shape index (κ3) is 27.9. The van der Waals surface area contributed by atoms with E-state index in [4.69, 9.17) is 0 Å². The van der Waals surface area contributed by atoms with Crippen molar-refractivity contribution in [1.29, 1.82) is 0 Å². The van der Waals surface area contributed by atoms with Crippen LogP contribution in [0.2, 0.25) is 0 Å². The SMILES string of the molecule is CCCCCCCCCCCC/C=C/[C@@H](O)[C@H](CO)NC(=O)CCC/C=C\C/C=C\C/C=C\C=C\C(=O)CCCCC. The monoisotopic (exact) mass is 585 g/mol. The van der Waals surface area contributed by atoms with Crippen molar-refractivity contribution in [2.75, 3.05) is 6.61 Å². The number of aliphatic hydroxyl groups excluding tert-OH is 2. The molecule has 0 aliphatic heterocycles. The second kappa shape index (κ2) is 31.7. The molecular formula is C37H63NO4. The number of nitrogens with one attached hydrogen (secondary N) is 1. The highest BCUT2D eigenvalue weighted by Gasteiger charge is 2.17. The molecule has 3 N–H and O–H groups in total. The van der Waals surface area contributed by atoms with Crippen LogP contribution in [-0.4, -0.2) is 40.7 Å². The number of amides is 1. The quantitative estimate of drug-likeness (QED) is 0.0354. The molecule has 0 spiro atoms. The molecular weight excluding hydrogens is 522 g/mol. The van der Waals surface area contributed by atoms with Crippen molar-refractivity contribution in [3.8, 4) is 0 Å². The van der Waals surface area contributed by atoms with E-state index < -0.39 is 12.1 Å². The van der Waals surface area contributed by atoms with Crippen LogP contribution in [0.15, 0.2) is 60.8 Å². The molecule has 0 heterocycles. The Labute approximate surface area is 258 Å². The number of unbranched alkanes of at least 4 members (excludes halogenated alkanes) is 13. The van der Waals surface area contributed by atoms with Crippen LogP contribution >= 0.6 is 0 Å². The summed E-state index contributed by atoms with van der Waals surface area (Å²) in [7, 11) is 0. The Morgan fingerprint density at radius 3 is 1.88 bits per heavy atom. The maximum Gasteiger partial charge on any atom is 0.220 e. The first kappa shape index (κ1) is 39.8. The first-order valence-corrected chi connectivity index (χ1v) is 17.0. The molecule has 0 aromatic carbocycles. The smallest absolute Gasteiger partial charge is 0.220 e. The lowest BCUT2D eigenvalue weighted by Crippen LogP contribution is -2.45. The summed E-state index contributed by atoms with van der Waals surface area (Å²) >= 11 is 0. The summed E-state index contributed by atoms with van der Waals surface area (Å²) in [6.45, 7) is 4.10. The van der Waals surface area contributed by atoms with Gasteiger partial charge in [0.15, 0.2) is 5.78 Å². The fraction of sp³-hybridized carbons (Fsp3) is 0.676. The highest BCUT2D eigenvalue weighted by molar-refractivity contribution is 5.89. The van der Waals surface area contributed by atoms with Crippen molar-refractivity contribution in [2.24, 2.45) is 0 Å². The minimum absolute atomic E-state index is 0.145. The van der Waals surface area contributed by atoms with Crippen LogP contribution in [0.3, 0.4) is 0 Å². The predicted octanol–water partition coefficient (Wildman–Crippen LogP) is 9.02. The molecule has 0 aliphatic rings. The lowest BCUT2D eigenvalue weighted by molar-refractivity contribution is -0.123. The molecule has 42 heavy (non-hydrogen) atoms. The third-order valence-corrected chi connectivity index (χ3v) is 7.22. The normalized spacial score (nSPS) is 13.8. The largest absolute Gasteiger partial charge is 0.394 e. The van der Waals surface area contributed by atoms with Gasteiger partial charge in [-0.1, -0.05) is 139 Å². The first-order chi connectivity index (χ1) is 20.5. The molecule has 0 rings (SSSR count). The van der Waals surface area contributed by atoms with Gasteiger partial charge in [-0.25, -0.2) is 0 Å². The first-order valence-electron chi connectivity index (χ1n) is 17.0. The van der Waals surface area contributed by atoms with Crippen LogP contribution in [0.5, 0.6) is 0 Å². The summed E-state index contributed by atoms with van der Waals surface area (Å²) in [5.41, 5.74) is 0. The van der Waals surface area contributed by atoms with E-state index >= 15 is 0 Å². The van der Waals surface area contributed by atoms with Gasteiger partial charge in [0.2, 0.25) is 5.91 Å². The molecule has 0 unspecified atom stereocenters. The van der Waals surface area contributed by atoms with Crippen LogP contribution in [0.1, 0.15) is 142 Å². The van der Waals surface area contributed by atoms with Crippen molar-refractivity contribution in [1.82, 2.24) is 5.32 Å². The molecule has 0 saturated heterocycles. The second-order valence-electron chi connectivity index (χ2n) is 11.3. The van der Waals surface area contributed by atoms with Gasteiger partial charge in [0.1, 0.15) is 0 Å². The number of allylic oxidation sites excluding steroid dienone is 9. The number of rotatable bonds is 29. The second-order valence-corrected chi connectivity index (χ2v) is 11.3. The van der Waals surface area contributed by atoms with Crippen molar-refractivity contribution >= 4 is 11.7 Å². The van der Waals surface area contributed by atoms with Gasteiger partial charge in [-0.05, 0) is 51.0 Å². The number of aliphatic hydroxyl groups is 2. The molecule has 0 fully saturated rings. The number of ketones is 1. The van der Waals surface area contributed by atoms with Crippen molar-refractivity contribution in [3.05, 3.63) is 60.8 Å². The Bertz CT molecular complexity index is 781. The molecule has 5 heteroatoms. The molecule has 0 bridgehead atoms. The molecule has 0 aliphatic carbocycles. The average Bonchev–Trinajstić information content (AvgIpc) is 2.98. The lowest BCUT2D eigenvalue weighted by Gasteiger charge is -2.19. The highest BCUT2D eigenvalue weighted by Crippen LogP contribution is 2.12. The fourth-order valence-corrected chi connectivity index (χ4v) is 4.53. The van der Waals surface area contributed by atoms with Crippen LogP contribution < -0.4 is 5.32 Å². The molecule has 240 valence electrons. The summed E-state index contributed by atoms with van der Waals surface area (Å²) in [4.78, 5) is 23.9. The van der Waals surface area contributed by atoms with Crippen LogP contribution in [-0.2, 0) is 9.59 Å². The van der Waals surface area contributed by atoms with Gasteiger partial charge >= 0.3 is 0 Å². The minimum Gasteiger partial charge on any atom is -0.394 e. The summed E-state index contributed by atoms with van der Waals surface area (Å²) in [6, 6.07) is -0.669. The fourth-order valence-electron chi connectivity index (χ4n) is 4.53. The van der Waals surface area contributed by atoms with E-state index in [1.165, 1.54) is 57.8 Å². The topological polar surface area (TPSA) is 86.6 Å². The zero-order chi connectivity index (χ0) is 30.9. The number of carbonyl (C=O) groups is 2. The number of hydrogen-bond donors (Lipinski definition) is 3. The zero-order valence-corrected chi connectivity index (χ0v) is 27.0. The molecule has 2 atom stereocenters. The molecule has 5 nitrogen and oxygen atoms in total. The molecule has 0 aromatic rings. The molecule has 0 radical (unpaired) electrons. The zero-order valence-electron chi connectivity index (χ0n) is 27.0. The number of carbonyl (C=O) groups excluding carboxylic acids is 2. The molecule has 0 aromatic heterocycles. The minimum atomic E-state index is -0.877. The van der Waals surface area contributed by atoms with Crippen LogP contribution in [0.25, 0.3) is 0 Å². The Morgan fingerprint density at radius 1 is 0.643 bits per heavy atom. The van der Waals surface area contributed by atoms with Crippen LogP contribution in [0, 0.1) is 0 Å². The molecule has 0 saturated carbocycles. The van der Waals surface area contributed by atoms with E-state index in [2.05, 4.69) is 43.5 Å². The Morgan fingerprint density at radius 2 is 1.21 bits per heavy atom. The Balaban J connectivity index is 3.87. The molecule has 1 amide bonds. The van der Waals surface area contributed by atoms with Crippen molar-refractivity contribution < 1.29 is 19.8 Å². The van der Waals surface area contributed by atoms with E-state index in [1.807, 2.05) is 24.3 Å². The van der Waals surface area contributed by atoms with E-state index in [0.29, 0.717) is 12.8 Å². The summed E-state index contributed by atoms with van der Waals surface area (Å²) in [6.07, 6.45) is 39.9. The summed E-state index contributed by atoms with van der Waals surface area (Å²) in [5.74, 6) is 0.0484. The van der Waals surface area contributed by atoms with Crippen molar-refractivity contribution in [3.63, 3.8) is 0 Å². The Kier molecular flexibility index (Phi) is 30.0. The average molecular weight is 586 g/mol. The Hall–Kier alpha value is -2.24. The van der Waals surface area contributed by atoms with Crippen LogP contribution in [0.4, 0.5) is 0 Å². The summed E-state index contributed by atoms with van der Waals surface area (Å²) < 4.78 is 0. The van der Waals surface area contributed by atoms with Gasteiger partial charge in [0.05, 0.1) is 18.8 Å². The van der Waals surface area contributed by atoms with E-state index in [-0.39, 0.29) is 18.3 Å². The number of hydrogen-bond acceptors (Lipinski definition) is 4. The maximum absolute atomic E-state index is 12.2. The standard InChI is InChI=1S/C37H63NO4/c1-3-5-7-8-9-10-11-14-17-20-23-27-31-36(41)35(33-39)38-37(42)32-28-24-21-18-15-12-13-16-19-22-26-30-34(40)29-25-6-4-2/h12-13,18-19,21-22,26-27,30-31,35-36,39,41H,3-11,14-17,20,23-25,28-29,32-33H2,1-2H3,(H,38,42)/b13-12-,21-18-,22-19-,30-26+,31-27+/t35-,36+/m0/s1. The van der Waals surface area contributed by atoms with Gasteiger partial charge in [0, 0.05) is 12.8 Å². The predicted molar refractivity (Wildman–Crippen MR) is 179 cm³/mol. The highest BCUT2D eigenvalue weighted by atomic mass is 16.3. The lowest BCUT2D eigenvalue weighted by atomic mass is 10.1.